The van der Waals surface area contributed by atoms with Crippen LogP contribution in [-0.4, -0.2) is 60.9 Å². The standard InChI is InChI=1S/C23H26N4O5S/c1-16-8-10-17(11-9-16)22(29)25-20(23(30)24-12-13-28)14-18-15-27(33(31,32)26(2)3)21-7-5-4-6-19(18)21/h4-11,14-15,28H,12-13H2,1-3H3,(H,24,30)(H,25,29). The van der Waals surface area contributed by atoms with Crippen molar-refractivity contribution < 1.29 is 23.1 Å². The molecule has 33 heavy (non-hydrogen) atoms. The quantitative estimate of drug-likeness (QED) is 0.431. The van der Waals surface area contributed by atoms with Crippen LogP contribution in [0, 0.1) is 6.92 Å². The van der Waals surface area contributed by atoms with Gasteiger partial charge in [0.2, 0.25) is 0 Å². The average Bonchev–Trinajstić information content (AvgIpc) is 3.16. The van der Waals surface area contributed by atoms with E-state index in [9.17, 15) is 18.0 Å². The lowest BCUT2D eigenvalue weighted by atomic mass is 10.1. The lowest BCUT2D eigenvalue weighted by Crippen LogP contribution is -2.36. The molecule has 0 saturated carbocycles. The number of carbonyl (C=O) groups is 2. The van der Waals surface area contributed by atoms with E-state index in [4.69, 9.17) is 5.11 Å². The highest BCUT2D eigenvalue weighted by atomic mass is 32.2. The van der Waals surface area contributed by atoms with Crippen molar-refractivity contribution in [3.05, 3.63) is 77.1 Å². The predicted octanol–water partition coefficient (Wildman–Crippen LogP) is 1.48. The third-order valence-corrected chi connectivity index (χ3v) is 6.64. The highest BCUT2D eigenvalue weighted by Gasteiger charge is 2.22. The summed E-state index contributed by atoms with van der Waals surface area (Å²) in [5.41, 5.74) is 2.11. The van der Waals surface area contributed by atoms with Crippen LogP contribution in [0.2, 0.25) is 0 Å². The van der Waals surface area contributed by atoms with Crippen molar-refractivity contribution in [3.8, 4) is 0 Å². The number of rotatable bonds is 8. The van der Waals surface area contributed by atoms with Crippen molar-refractivity contribution in [2.45, 2.75) is 6.92 Å². The maximum absolute atomic E-state index is 12.8. The fourth-order valence-electron chi connectivity index (χ4n) is 3.14. The Balaban J connectivity index is 2.09. The molecule has 0 saturated heterocycles. The Morgan fingerprint density at radius 2 is 1.76 bits per heavy atom. The van der Waals surface area contributed by atoms with Gasteiger partial charge in [-0.05, 0) is 31.2 Å². The Labute approximate surface area is 192 Å². The smallest absolute Gasteiger partial charge is 0.307 e. The molecule has 0 bridgehead atoms. The molecule has 3 aromatic rings. The van der Waals surface area contributed by atoms with Gasteiger partial charge in [0, 0.05) is 43.4 Å². The molecule has 1 heterocycles. The molecule has 2 aromatic carbocycles. The molecule has 3 rings (SSSR count). The van der Waals surface area contributed by atoms with Crippen molar-refractivity contribution in [1.82, 2.24) is 18.9 Å². The SMILES string of the molecule is Cc1ccc(C(=O)NC(=Cc2cn(S(=O)(=O)N(C)C)c3ccccc23)C(=O)NCCO)cc1. The Morgan fingerprint density at radius 3 is 2.39 bits per heavy atom. The minimum absolute atomic E-state index is 0.00660. The molecule has 0 aliphatic carbocycles. The number of hydrogen-bond acceptors (Lipinski definition) is 5. The summed E-state index contributed by atoms with van der Waals surface area (Å²) in [7, 11) is -0.972. The number of benzene rings is 2. The van der Waals surface area contributed by atoms with Crippen molar-refractivity contribution in [3.63, 3.8) is 0 Å². The number of hydrogen-bond donors (Lipinski definition) is 3. The predicted molar refractivity (Wildman–Crippen MR) is 127 cm³/mol. The zero-order chi connectivity index (χ0) is 24.2. The van der Waals surface area contributed by atoms with Gasteiger partial charge in [0.25, 0.3) is 11.8 Å². The van der Waals surface area contributed by atoms with Gasteiger partial charge in [0.1, 0.15) is 5.70 Å². The van der Waals surface area contributed by atoms with E-state index in [-0.39, 0.29) is 18.8 Å². The monoisotopic (exact) mass is 470 g/mol. The third kappa shape index (κ3) is 5.30. The fourth-order valence-corrected chi connectivity index (χ4v) is 4.14. The van der Waals surface area contributed by atoms with Crippen LogP contribution in [-0.2, 0) is 15.0 Å². The summed E-state index contributed by atoms with van der Waals surface area (Å²) in [6.45, 7) is 1.62. The van der Waals surface area contributed by atoms with E-state index in [1.165, 1.54) is 26.4 Å². The summed E-state index contributed by atoms with van der Waals surface area (Å²) in [5.74, 6) is -1.11. The third-order valence-electron chi connectivity index (χ3n) is 4.92. The van der Waals surface area contributed by atoms with Gasteiger partial charge in [0.15, 0.2) is 0 Å². The Morgan fingerprint density at radius 1 is 1.09 bits per heavy atom. The number of aryl methyl sites for hydroxylation is 1. The molecule has 3 N–H and O–H groups in total. The minimum Gasteiger partial charge on any atom is -0.395 e. The first-order valence-corrected chi connectivity index (χ1v) is 11.6. The molecule has 0 spiro atoms. The van der Waals surface area contributed by atoms with Crippen LogP contribution in [0.1, 0.15) is 21.5 Å². The molecule has 0 radical (unpaired) electrons. The Kier molecular flexibility index (Phi) is 7.32. The Hall–Kier alpha value is -3.47. The van der Waals surface area contributed by atoms with E-state index in [1.54, 1.807) is 48.5 Å². The number of nitrogens with one attached hydrogen (secondary N) is 2. The first-order chi connectivity index (χ1) is 15.6. The summed E-state index contributed by atoms with van der Waals surface area (Å²) in [6, 6.07) is 13.7. The van der Waals surface area contributed by atoms with Gasteiger partial charge in [-0.15, -0.1) is 0 Å². The van der Waals surface area contributed by atoms with Crippen molar-refractivity contribution in [2.24, 2.45) is 0 Å². The van der Waals surface area contributed by atoms with Gasteiger partial charge in [-0.3, -0.25) is 9.59 Å². The highest BCUT2D eigenvalue weighted by Crippen LogP contribution is 2.25. The second-order valence-electron chi connectivity index (χ2n) is 7.55. The lowest BCUT2D eigenvalue weighted by molar-refractivity contribution is -0.117. The fraction of sp³-hybridized carbons (Fsp3) is 0.217. The molecule has 10 heteroatoms. The summed E-state index contributed by atoms with van der Waals surface area (Å²) >= 11 is 0. The number of aliphatic hydroxyl groups is 1. The molecule has 0 aliphatic rings. The van der Waals surface area contributed by atoms with Gasteiger partial charge >= 0.3 is 10.2 Å². The van der Waals surface area contributed by atoms with Crippen LogP contribution in [0.3, 0.4) is 0 Å². The Bertz CT molecular complexity index is 1310. The maximum Gasteiger partial charge on any atom is 0.307 e. The summed E-state index contributed by atoms with van der Waals surface area (Å²) in [6.07, 6.45) is 2.82. The van der Waals surface area contributed by atoms with Crippen LogP contribution in [0.25, 0.3) is 17.0 Å². The van der Waals surface area contributed by atoms with Gasteiger partial charge in [-0.25, -0.2) is 3.97 Å². The van der Waals surface area contributed by atoms with Crippen molar-refractivity contribution in [1.29, 1.82) is 0 Å². The number of fused-ring (bicyclic) bond motifs is 1. The molecule has 2 amide bonds. The zero-order valence-electron chi connectivity index (χ0n) is 18.6. The van der Waals surface area contributed by atoms with Crippen LogP contribution >= 0.6 is 0 Å². The van der Waals surface area contributed by atoms with Crippen LogP contribution in [0.4, 0.5) is 0 Å². The van der Waals surface area contributed by atoms with Gasteiger partial charge in [-0.2, -0.15) is 12.7 Å². The summed E-state index contributed by atoms with van der Waals surface area (Å²) in [5, 5.41) is 14.8. The molecule has 9 nitrogen and oxygen atoms in total. The molecule has 174 valence electrons. The second kappa shape index (κ2) is 9.99. The molecule has 0 aliphatic heterocycles. The van der Waals surface area contributed by atoms with E-state index >= 15 is 0 Å². The first kappa shape index (κ1) is 24.2. The number of para-hydroxylation sites is 1. The number of amides is 2. The van der Waals surface area contributed by atoms with E-state index in [1.807, 2.05) is 6.92 Å². The van der Waals surface area contributed by atoms with Crippen molar-refractivity contribution in [2.75, 3.05) is 27.2 Å². The minimum atomic E-state index is -3.82. The van der Waals surface area contributed by atoms with E-state index in [2.05, 4.69) is 10.6 Å². The maximum atomic E-state index is 12.8. The van der Waals surface area contributed by atoms with Crippen LogP contribution < -0.4 is 10.6 Å². The van der Waals surface area contributed by atoms with E-state index < -0.39 is 22.0 Å². The normalized spacial score (nSPS) is 12.2. The van der Waals surface area contributed by atoms with E-state index in [0.717, 1.165) is 13.8 Å². The largest absolute Gasteiger partial charge is 0.395 e. The number of nitrogens with zero attached hydrogens (tertiary/aromatic N) is 2. The first-order valence-electron chi connectivity index (χ1n) is 10.2. The van der Waals surface area contributed by atoms with Crippen LogP contribution in [0.15, 0.2) is 60.4 Å². The summed E-state index contributed by atoms with van der Waals surface area (Å²) < 4.78 is 27.8. The summed E-state index contributed by atoms with van der Waals surface area (Å²) in [4.78, 5) is 25.5. The number of aliphatic hydroxyl groups excluding tert-OH is 1. The topological polar surface area (TPSA) is 121 Å². The molecule has 1 aromatic heterocycles. The van der Waals surface area contributed by atoms with Gasteiger partial charge in [-0.1, -0.05) is 35.9 Å². The van der Waals surface area contributed by atoms with Crippen LogP contribution in [0.5, 0.6) is 0 Å². The molecule has 0 unspecified atom stereocenters. The zero-order valence-corrected chi connectivity index (χ0v) is 19.4. The van der Waals surface area contributed by atoms with Gasteiger partial charge < -0.3 is 15.7 Å². The molecule has 0 fully saturated rings. The second-order valence-corrected chi connectivity index (χ2v) is 9.56. The average molecular weight is 471 g/mol. The molecular weight excluding hydrogens is 444 g/mol. The van der Waals surface area contributed by atoms with Crippen molar-refractivity contribution >= 4 is 39.0 Å². The van der Waals surface area contributed by atoms with E-state index in [0.29, 0.717) is 22.0 Å². The lowest BCUT2D eigenvalue weighted by Gasteiger charge is -2.13. The number of aromatic nitrogens is 1. The molecule has 0 atom stereocenters. The highest BCUT2D eigenvalue weighted by molar-refractivity contribution is 7.87. The number of carbonyl (C=O) groups excluding carboxylic acids is 2. The molecular formula is C23H26N4O5S. The van der Waals surface area contributed by atoms with Gasteiger partial charge in [0.05, 0.1) is 12.1 Å².